The summed E-state index contributed by atoms with van der Waals surface area (Å²) in [7, 11) is 0. The van der Waals surface area contributed by atoms with Gasteiger partial charge >= 0.3 is 0 Å². The summed E-state index contributed by atoms with van der Waals surface area (Å²) in [4.78, 5) is 21.6. The molecule has 0 fully saturated rings. The van der Waals surface area contributed by atoms with Crippen molar-refractivity contribution >= 4 is 46.4 Å². The minimum Gasteiger partial charge on any atom is -0.325 e. The van der Waals surface area contributed by atoms with E-state index in [4.69, 9.17) is 23.2 Å². The van der Waals surface area contributed by atoms with Crippen LogP contribution in [0.3, 0.4) is 0 Å². The van der Waals surface area contributed by atoms with Gasteiger partial charge in [0.2, 0.25) is 5.91 Å². The van der Waals surface area contributed by atoms with Gasteiger partial charge < -0.3 is 10.6 Å². The van der Waals surface area contributed by atoms with Gasteiger partial charge in [-0.1, -0.05) is 50.0 Å². The van der Waals surface area contributed by atoms with E-state index in [1.807, 2.05) is 6.07 Å². The first-order chi connectivity index (χ1) is 9.11. The molecule has 0 atom stereocenters. The van der Waals surface area contributed by atoms with Crippen molar-refractivity contribution in [2.45, 2.75) is 37.9 Å². The van der Waals surface area contributed by atoms with Crippen LogP contribution in [0, 0.1) is 0 Å². The van der Waals surface area contributed by atoms with Crippen molar-refractivity contribution in [3.63, 3.8) is 0 Å². The normalized spacial score (nSPS) is 11.3. The van der Waals surface area contributed by atoms with Gasteiger partial charge in [-0.15, -0.1) is 0 Å². The van der Waals surface area contributed by atoms with E-state index in [2.05, 4.69) is 31.4 Å². The maximum Gasteiger partial charge on any atom is 0.257 e. The Balaban J connectivity index is 3.19. The number of nitrogens with one attached hydrogen (secondary N) is 2. The fourth-order valence-corrected chi connectivity index (χ4v) is 1.71. The number of hydrogen-bond donors (Lipinski definition) is 2. The second-order valence-corrected chi connectivity index (χ2v) is 6.58. The molecule has 0 saturated heterocycles. The third-order valence-corrected chi connectivity index (χ3v) is 3.05. The highest BCUT2D eigenvalue weighted by atomic mass is 35.5. The Bertz CT molecular complexity index is 522. The molecular weight excluding hydrogens is 299 g/mol. The number of halogens is 2. The zero-order valence-corrected chi connectivity index (χ0v) is 13.4. The second kappa shape index (κ2) is 6.46. The van der Waals surface area contributed by atoms with Crippen molar-refractivity contribution in [3.8, 4) is 0 Å². The molecule has 20 heavy (non-hydrogen) atoms. The molecule has 0 aliphatic heterocycles. The molecule has 4 nitrogen and oxygen atoms in total. The van der Waals surface area contributed by atoms with Gasteiger partial charge in [0.15, 0.2) is 4.84 Å². The number of rotatable bonds is 3. The number of carbonyl (C=O) groups excluding carboxylic acids is 2. The summed E-state index contributed by atoms with van der Waals surface area (Å²) in [5, 5.41) is 5.27. The van der Waals surface area contributed by atoms with Crippen LogP contribution >= 0.6 is 23.2 Å². The fourth-order valence-electron chi connectivity index (χ4n) is 1.60. The number of hydrogen-bond acceptors (Lipinski definition) is 2. The number of benzene rings is 1. The third kappa shape index (κ3) is 4.69. The Morgan fingerprint density at radius 3 is 2.15 bits per heavy atom. The topological polar surface area (TPSA) is 58.2 Å². The summed E-state index contributed by atoms with van der Waals surface area (Å²) in [5.41, 5.74) is 1.91. The largest absolute Gasteiger partial charge is 0.325 e. The lowest BCUT2D eigenvalue weighted by Crippen LogP contribution is -2.21. The molecule has 0 aromatic heterocycles. The van der Waals surface area contributed by atoms with E-state index >= 15 is 0 Å². The van der Waals surface area contributed by atoms with Crippen LogP contribution in [0.2, 0.25) is 0 Å². The van der Waals surface area contributed by atoms with Gasteiger partial charge in [0.1, 0.15) is 0 Å². The van der Waals surface area contributed by atoms with Crippen LogP contribution in [0.5, 0.6) is 0 Å². The highest BCUT2D eigenvalue weighted by molar-refractivity contribution is 6.54. The molecule has 0 heterocycles. The molecule has 1 aromatic carbocycles. The second-order valence-electron chi connectivity index (χ2n) is 5.48. The van der Waals surface area contributed by atoms with Crippen molar-refractivity contribution in [1.82, 2.24) is 0 Å². The first kappa shape index (κ1) is 16.8. The Kier molecular flexibility index (Phi) is 5.42. The minimum atomic E-state index is -1.17. The van der Waals surface area contributed by atoms with Crippen LogP contribution in [-0.4, -0.2) is 16.7 Å². The van der Waals surface area contributed by atoms with Gasteiger partial charge in [-0.05, 0) is 23.1 Å². The molecule has 0 radical (unpaired) electrons. The lowest BCUT2D eigenvalue weighted by atomic mass is 9.86. The number of anilines is 2. The summed E-state index contributed by atoms with van der Waals surface area (Å²) in [6.45, 7) is 7.56. The van der Waals surface area contributed by atoms with Crippen molar-refractivity contribution in [2.75, 3.05) is 10.6 Å². The third-order valence-electron chi connectivity index (χ3n) is 2.65. The van der Waals surface area contributed by atoms with Crippen molar-refractivity contribution in [2.24, 2.45) is 0 Å². The highest BCUT2D eigenvalue weighted by Gasteiger charge is 2.18. The lowest BCUT2D eigenvalue weighted by molar-refractivity contribution is -0.115. The van der Waals surface area contributed by atoms with Crippen molar-refractivity contribution in [3.05, 3.63) is 23.8 Å². The molecule has 1 aromatic rings. The standard InChI is InChI=1S/C14H18Cl2N2O2/c1-8(19)17-10-6-5-9(14(2,3)4)7-11(10)18-13(20)12(15)16/h5-7,12H,1-4H3,(H,17,19)(H,18,20). The van der Waals surface area contributed by atoms with E-state index in [1.54, 1.807) is 12.1 Å². The molecule has 0 bridgehead atoms. The predicted octanol–water partition coefficient (Wildman–Crippen LogP) is 3.68. The van der Waals surface area contributed by atoms with E-state index in [1.165, 1.54) is 6.92 Å². The molecule has 0 unspecified atom stereocenters. The van der Waals surface area contributed by atoms with Gasteiger partial charge in [-0.3, -0.25) is 9.59 Å². The average molecular weight is 317 g/mol. The molecule has 2 amide bonds. The molecule has 6 heteroatoms. The molecule has 0 spiro atoms. The van der Waals surface area contributed by atoms with Crippen LogP contribution < -0.4 is 10.6 Å². The zero-order chi connectivity index (χ0) is 15.5. The van der Waals surface area contributed by atoms with Gasteiger partial charge in [0, 0.05) is 6.92 Å². The molecule has 2 N–H and O–H groups in total. The fraction of sp³-hybridized carbons (Fsp3) is 0.429. The number of amides is 2. The highest BCUT2D eigenvalue weighted by Crippen LogP contribution is 2.30. The first-order valence-electron chi connectivity index (χ1n) is 6.12. The number of alkyl halides is 2. The molecule has 0 aliphatic carbocycles. The summed E-state index contributed by atoms with van der Waals surface area (Å²) in [5.74, 6) is -0.761. The van der Waals surface area contributed by atoms with Gasteiger partial charge in [-0.25, -0.2) is 0 Å². The summed E-state index contributed by atoms with van der Waals surface area (Å²) >= 11 is 11.1. The molecule has 0 saturated carbocycles. The van der Waals surface area contributed by atoms with Crippen LogP contribution in [-0.2, 0) is 15.0 Å². The SMILES string of the molecule is CC(=O)Nc1ccc(C(C)(C)C)cc1NC(=O)C(Cl)Cl. The Labute approximate surface area is 128 Å². The molecular formula is C14H18Cl2N2O2. The van der Waals surface area contributed by atoms with Crippen LogP contribution in [0.4, 0.5) is 11.4 Å². The van der Waals surface area contributed by atoms with E-state index in [0.29, 0.717) is 11.4 Å². The monoisotopic (exact) mass is 316 g/mol. The smallest absolute Gasteiger partial charge is 0.257 e. The van der Waals surface area contributed by atoms with Crippen LogP contribution in [0.1, 0.15) is 33.3 Å². The maximum absolute atomic E-state index is 11.6. The molecule has 0 aliphatic rings. The predicted molar refractivity (Wildman–Crippen MR) is 83.6 cm³/mol. The summed E-state index contributed by atoms with van der Waals surface area (Å²) in [6.07, 6.45) is 0. The summed E-state index contributed by atoms with van der Waals surface area (Å²) in [6, 6.07) is 5.45. The first-order valence-corrected chi connectivity index (χ1v) is 6.99. The van der Waals surface area contributed by atoms with Gasteiger partial charge in [0.25, 0.3) is 5.91 Å². The lowest BCUT2D eigenvalue weighted by Gasteiger charge is -2.21. The van der Waals surface area contributed by atoms with E-state index in [9.17, 15) is 9.59 Å². The maximum atomic E-state index is 11.6. The average Bonchev–Trinajstić information content (AvgIpc) is 2.28. The van der Waals surface area contributed by atoms with Gasteiger partial charge in [-0.2, -0.15) is 0 Å². The Morgan fingerprint density at radius 2 is 1.70 bits per heavy atom. The molecule has 1 rings (SSSR count). The Morgan fingerprint density at radius 1 is 1.10 bits per heavy atom. The molecule has 110 valence electrons. The summed E-state index contributed by atoms with van der Waals surface area (Å²) < 4.78 is 0. The zero-order valence-electron chi connectivity index (χ0n) is 11.9. The van der Waals surface area contributed by atoms with E-state index in [-0.39, 0.29) is 11.3 Å². The quantitative estimate of drug-likeness (QED) is 0.836. The van der Waals surface area contributed by atoms with Crippen molar-refractivity contribution in [1.29, 1.82) is 0 Å². The minimum absolute atomic E-state index is 0.0877. The van der Waals surface area contributed by atoms with Crippen molar-refractivity contribution < 1.29 is 9.59 Å². The van der Waals surface area contributed by atoms with E-state index < -0.39 is 10.7 Å². The van der Waals surface area contributed by atoms with E-state index in [0.717, 1.165) is 5.56 Å². The van der Waals surface area contributed by atoms with Crippen LogP contribution in [0.25, 0.3) is 0 Å². The van der Waals surface area contributed by atoms with Gasteiger partial charge in [0.05, 0.1) is 11.4 Å². The van der Waals surface area contributed by atoms with Crippen LogP contribution in [0.15, 0.2) is 18.2 Å². The Hall–Kier alpha value is -1.26. The number of carbonyl (C=O) groups is 2.